The van der Waals surface area contributed by atoms with E-state index >= 15 is 0 Å². The van der Waals surface area contributed by atoms with Crippen LogP contribution in [-0.4, -0.2) is 35.2 Å². The summed E-state index contributed by atoms with van der Waals surface area (Å²) in [5.74, 6) is -0.763. The summed E-state index contributed by atoms with van der Waals surface area (Å²) in [6.45, 7) is 5.64. The average molecular weight is 271 g/mol. The standard InChI is InChI=1S/C14H25NO4/c1-5-13(3,19-4)11(16)15-14(12(17)18)8-6-10(2)7-9-14/h10H,5-9H2,1-4H3,(H,15,16)(H,17,18). The van der Waals surface area contributed by atoms with E-state index in [1.165, 1.54) is 7.11 Å². The molecule has 0 heterocycles. The van der Waals surface area contributed by atoms with Crippen LogP contribution in [0.5, 0.6) is 0 Å². The molecule has 1 rings (SSSR count). The smallest absolute Gasteiger partial charge is 0.329 e. The maximum absolute atomic E-state index is 12.3. The number of hydrogen-bond donors (Lipinski definition) is 2. The van der Waals surface area contributed by atoms with Crippen LogP contribution < -0.4 is 5.32 Å². The fraction of sp³-hybridized carbons (Fsp3) is 0.857. The normalized spacial score (nSPS) is 30.4. The van der Waals surface area contributed by atoms with Gasteiger partial charge in [0, 0.05) is 7.11 Å². The van der Waals surface area contributed by atoms with E-state index in [0.717, 1.165) is 12.8 Å². The molecule has 1 amide bonds. The molecule has 0 aromatic rings. The van der Waals surface area contributed by atoms with Crippen molar-refractivity contribution >= 4 is 11.9 Å². The highest BCUT2D eigenvalue weighted by molar-refractivity contribution is 5.91. The average Bonchev–Trinajstić information content (AvgIpc) is 2.40. The largest absolute Gasteiger partial charge is 0.480 e. The van der Waals surface area contributed by atoms with Gasteiger partial charge in [-0.05, 0) is 44.9 Å². The molecule has 1 atom stereocenters. The fourth-order valence-electron chi connectivity index (χ4n) is 2.39. The van der Waals surface area contributed by atoms with E-state index in [0.29, 0.717) is 25.2 Å². The second kappa shape index (κ2) is 5.90. The Balaban J connectivity index is 2.86. The Hall–Kier alpha value is -1.10. The molecule has 0 aliphatic heterocycles. The van der Waals surface area contributed by atoms with E-state index in [2.05, 4.69) is 12.2 Å². The van der Waals surface area contributed by atoms with Gasteiger partial charge in [0.05, 0.1) is 0 Å². The molecule has 0 bridgehead atoms. The topological polar surface area (TPSA) is 75.6 Å². The Morgan fingerprint density at radius 3 is 2.32 bits per heavy atom. The number of nitrogens with one attached hydrogen (secondary N) is 1. The molecule has 1 fully saturated rings. The van der Waals surface area contributed by atoms with Crippen molar-refractivity contribution in [3.63, 3.8) is 0 Å². The minimum absolute atomic E-state index is 0.338. The van der Waals surface area contributed by atoms with E-state index in [1.54, 1.807) is 6.92 Å². The zero-order valence-corrected chi connectivity index (χ0v) is 12.3. The Morgan fingerprint density at radius 2 is 1.95 bits per heavy atom. The van der Waals surface area contributed by atoms with Crippen LogP contribution in [0.4, 0.5) is 0 Å². The monoisotopic (exact) mass is 271 g/mol. The van der Waals surface area contributed by atoms with Crippen molar-refractivity contribution in [3.05, 3.63) is 0 Å². The maximum atomic E-state index is 12.3. The molecule has 110 valence electrons. The summed E-state index contributed by atoms with van der Waals surface area (Å²) >= 11 is 0. The second-order valence-corrected chi connectivity index (χ2v) is 5.81. The third kappa shape index (κ3) is 3.26. The number of rotatable bonds is 5. The van der Waals surface area contributed by atoms with Gasteiger partial charge >= 0.3 is 5.97 Å². The lowest BCUT2D eigenvalue weighted by molar-refractivity contribution is -0.155. The van der Waals surface area contributed by atoms with Crippen molar-refractivity contribution in [3.8, 4) is 0 Å². The van der Waals surface area contributed by atoms with Crippen molar-refractivity contribution in [1.29, 1.82) is 0 Å². The van der Waals surface area contributed by atoms with Gasteiger partial charge in [-0.25, -0.2) is 4.79 Å². The van der Waals surface area contributed by atoms with Crippen LogP contribution in [-0.2, 0) is 14.3 Å². The highest BCUT2D eigenvalue weighted by Crippen LogP contribution is 2.33. The molecule has 2 N–H and O–H groups in total. The number of amides is 1. The minimum Gasteiger partial charge on any atom is -0.480 e. The van der Waals surface area contributed by atoms with Crippen molar-refractivity contribution in [1.82, 2.24) is 5.32 Å². The van der Waals surface area contributed by atoms with Gasteiger partial charge in [-0.3, -0.25) is 4.79 Å². The van der Waals surface area contributed by atoms with E-state index in [4.69, 9.17) is 4.74 Å². The molecule has 5 nitrogen and oxygen atoms in total. The predicted molar refractivity (Wildman–Crippen MR) is 71.8 cm³/mol. The molecule has 0 saturated heterocycles. The fourth-order valence-corrected chi connectivity index (χ4v) is 2.39. The van der Waals surface area contributed by atoms with Crippen LogP contribution in [0.1, 0.15) is 52.9 Å². The number of carbonyl (C=O) groups excluding carboxylic acids is 1. The summed E-state index contributed by atoms with van der Waals surface area (Å²) < 4.78 is 5.23. The van der Waals surface area contributed by atoms with Crippen LogP contribution >= 0.6 is 0 Å². The second-order valence-electron chi connectivity index (χ2n) is 5.81. The highest BCUT2D eigenvalue weighted by atomic mass is 16.5. The zero-order valence-electron chi connectivity index (χ0n) is 12.3. The third-order valence-electron chi connectivity index (χ3n) is 4.50. The molecule has 1 aliphatic carbocycles. The van der Waals surface area contributed by atoms with Crippen molar-refractivity contribution in [2.75, 3.05) is 7.11 Å². The maximum Gasteiger partial charge on any atom is 0.329 e. The molecule has 1 aliphatic rings. The minimum atomic E-state index is -1.13. The van der Waals surface area contributed by atoms with Gasteiger partial charge in [-0.15, -0.1) is 0 Å². The number of ether oxygens (including phenoxy) is 1. The third-order valence-corrected chi connectivity index (χ3v) is 4.50. The summed E-state index contributed by atoms with van der Waals surface area (Å²) in [4.78, 5) is 23.9. The van der Waals surface area contributed by atoms with Gasteiger partial charge in [0.2, 0.25) is 0 Å². The molecule has 0 spiro atoms. The number of carboxylic acid groups (broad SMARTS) is 1. The molecule has 1 saturated carbocycles. The quantitative estimate of drug-likeness (QED) is 0.801. The van der Waals surface area contributed by atoms with Crippen LogP contribution in [0.25, 0.3) is 0 Å². The number of aliphatic carboxylic acids is 1. The summed E-state index contributed by atoms with van der Waals surface area (Å²) in [7, 11) is 1.47. The molecular formula is C14H25NO4. The first-order chi connectivity index (χ1) is 8.79. The van der Waals surface area contributed by atoms with Gasteiger partial charge in [0.15, 0.2) is 0 Å². The number of carbonyl (C=O) groups is 2. The van der Waals surface area contributed by atoms with Crippen LogP contribution in [0, 0.1) is 5.92 Å². The highest BCUT2D eigenvalue weighted by Gasteiger charge is 2.45. The summed E-state index contributed by atoms with van der Waals surface area (Å²) in [6, 6.07) is 0. The summed E-state index contributed by atoms with van der Waals surface area (Å²) in [6.07, 6.45) is 3.11. The Kier molecular flexibility index (Phi) is 4.96. The number of hydrogen-bond acceptors (Lipinski definition) is 3. The molecule has 0 aromatic carbocycles. The van der Waals surface area contributed by atoms with E-state index in [9.17, 15) is 14.7 Å². The van der Waals surface area contributed by atoms with Crippen molar-refractivity contribution < 1.29 is 19.4 Å². The van der Waals surface area contributed by atoms with Gasteiger partial charge in [0.25, 0.3) is 5.91 Å². The SMILES string of the molecule is CCC(C)(OC)C(=O)NC1(C(=O)O)CCC(C)CC1. The lowest BCUT2D eigenvalue weighted by Crippen LogP contribution is -2.61. The Bertz CT molecular complexity index is 341. The van der Waals surface area contributed by atoms with Crippen LogP contribution in [0.3, 0.4) is 0 Å². The van der Waals surface area contributed by atoms with Gasteiger partial charge in [0.1, 0.15) is 11.1 Å². The lowest BCUT2D eigenvalue weighted by atomic mass is 9.76. The summed E-state index contributed by atoms with van der Waals surface area (Å²) in [5.41, 5.74) is -2.09. The van der Waals surface area contributed by atoms with Gasteiger partial charge < -0.3 is 15.2 Å². The van der Waals surface area contributed by atoms with Crippen molar-refractivity contribution in [2.45, 2.75) is 64.0 Å². The first-order valence-electron chi connectivity index (χ1n) is 6.91. The first-order valence-corrected chi connectivity index (χ1v) is 6.91. The predicted octanol–water partition coefficient (Wildman–Crippen LogP) is 1.95. The zero-order chi connectivity index (χ0) is 14.7. The molecule has 1 unspecified atom stereocenters. The Labute approximate surface area is 114 Å². The molecule has 5 heteroatoms. The lowest BCUT2D eigenvalue weighted by Gasteiger charge is -2.39. The van der Waals surface area contributed by atoms with Crippen LogP contribution in [0.15, 0.2) is 0 Å². The number of carboxylic acids is 1. The van der Waals surface area contributed by atoms with E-state index in [1.807, 2.05) is 6.92 Å². The molecule has 19 heavy (non-hydrogen) atoms. The van der Waals surface area contributed by atoms with E-state index in [-0.39, 0.29) is 5.91 Å². The Morgan fingerprint density at radius 1 is 1.42 bits per heavy atom. The van der Waals surface area contributed by atoms with Gasteiger partial charge in [-0.1, -0.05) is 13.8 Å². The van der Waals surface area contributed by atoms with E-state index < -0.39 is 17.1 Å². The van der Waals surface area contributed by atoms with Crippen LogP contribution in [0.2, 0.25) is 0 Å². The number of methoxy groups -OCH3 is 1. The van der Waals surface area contributed by atoms with Gasteiger partial charge in [-0.2, -0.15) is 0 Å². The first kappa shape index (κ1) is 16.0. The molecular weight excluding hydrogens is 246 g/mol. The molecule has 0 aromatic heterocycles. The molecule has 0 radical (unpaired) electrons. The van der Waals surface area contributed by atoms with Crippen molar-refractivity contribution in [2.24, 2.45) is 5.92 Å². The summed E-state index contributed by atoms with van der Waals surface area (Å²) in [5, 5.41) is 12.2.